The molecular weight excluding hydrogens is 394 g/mol. The smallest absolute Gasteiger partial charge is 0.255 e. The predicted octanol–water partition coefficient (Wildman–Crippen LogP) is 5.00. The molecule has 0 saturated carbocycles. The van der Waals surface area contributed by atoms with E-state index < -0.39 is 5.82 Å². The number of hydrogen-bond donors (Lipinski definition) is 1. The van der Waals surface area contributed by atoms with Crippen molar-refractivity contribution in [2.45, 2.75) is 5.37 Å². The zero-order valence-corrected chi connectivity index (χ0v) is 16.0. The van der Waals surface area contributed by atoms with Gasteiger partial charge in [-0.15, -0.1) is 11.8 Å². The minimum absolute atomic E-state index is 0.0914. The van der Waals surface area contributed by atoms with Crippen molar-refractivity contribution in [1.29, 1.82) is 0 Å². The minimum atomic E-state index is -0.419. The summed E-state index contributed by atoms with van der Waals surface area (Å²) in [5, 5.41) is 2.48. The Hall–Kier alpha value is -3.19. The highest BCUT2D eigenvalue weighted by Crippen LogP contribution is 2.44. The van der Waals surface area contributed by atoms with E-state index in [0.29, 0.717) is 16.9 Å². The summed E-state index contributed by atoms with van der Waals surface area (Å²) in [5.41, 5.74) is 2.22. The van der Waals surface area contributed by atoms with Crippen LogP contribution in [0, 0.1) is 11.6 Å². The van der Waals surface area contributed by atoms with Crippen molar-refractivity contribution in [2.75, 3.05) is 16.0 Å². The van der Waals surface area contributed by atoms with Gasteiger partial charge in [0.05, 0.1) is 5.75 Å². The summed E-state index contributed by atoms with van der Waals surface area (Å²) in [6.45, 7) is 0. The van der Waals surface area contributed by atoms with Crippen LogP contribution in [-0.4, -0.2) is 17.6 Å². The van der Waals surface area contributed by atoms with Crippen molar-refractivity contribution >= 4 is 35.0 Å². The molecule has 3 aromatic carbocycles. The largest absolute Gasteiger partial charge is 0.322 e. The van der Waals surface area contributed by atoms with Gasteiger partial charge in [0, 0.05) is 22.5 Å². The average Bonchev–Trinajstić information content (AvgIpc) is 3.11. The summed E-state index contributed by atoms with van der Waals surface area (Å²) in [6.07, 6.45) is 0. The third kappa shape index (κ3) is 4.00. The molecule has 0 unspecified atom stereocenters. The Labute approximate surface area is 170 Å². The first-order valence-corrected chi connectivity index (χ1v) is 9.93. The number of carbonyl (C=O) groups excluding carboxylic acids is 2. The molecule has 7 heteroatoms. The highest BCUT2D eigenvalue weighted by Gasteiger charge is 2.35. The van der Waals surface area contributed by atoms with E-state index in [1.54, 1.807) is 29.2 Å². The van der Waals surface area contributed by atoms with Crippen molar-refractivity contribution in [3.05, 3.63) is 95.6 Å². The molecule has 1 fully saturated rings. The van der Waals surface area contributed by atoms with Gasteiger partial charge in [0.15, 0.2) is 0 Å². The molecule has 1 saturated heterocycles. The van der Waals surface area contributed by atoms with E-state index in [2.05, 4.69) is 5.32 Å². The van der Waals surface area contributed by atoms with Crippen LogP contribution < -0.4 is 10.2 Å². The molecular formula is C22H16F2N2O2S. The molecule has 1 atom stereocenters. The molecule has 0 spiro atoms. The van der Waals surface area contributed by atoms with E-state index in [1.165, 1.54) is 48.2 Å². The van der Waals surface area contributed by atoms with Crippen molar-refractivity contribution in [3.63, 3.8) is 0 Å². The monoisotopic (exact) mass is 410 g/mol. The minimum Gasteiger partial charge on any atom is -0.322 e. The third-order valence-corrected chi connectivity index (χ3v) is 5.75. The number of carbonyl (C=O) groups is 2. The Morgan fingerprint density at radius 3 is 2.24 bits per heavy atom. The van der Waals surface area contributed by atoms with Crippen LogP contribution in [0.3, 0.4) is 0 Å². The zero-order chi connectivity index (χ0) is 20.4. The van der Waals surface area contributed by atoms with Gasteiger partial charge in [-0.1, -0.05) is 18.2 Å². The molecule has 1 N–H and O–H groups in total. The summed E-state index contributed by atoms with van der Waals surface area (Å²) in [5.74, 6) is -0.983. The fourth-order valence-corrected chi connectivity index (χ4v) is 4.37. The van der Waals surface area contributed by atoms with Crippen molar-refractivity contribution in [2.24, 2.45) is 0 Å². The highest BCUT2D eigenvalue weighted by molar-refractivity contribution is 8.00. The summed E-state index contributed by atoms with van der Waals surface area (Å²) < 4.78 is 26.4. The second kappa shape index (κ2) is 8.05. The van der Waals surface area contributed by atoms with Crippen LogP contribution in [0.5, 0.6) is 0 Å². The molecule has 4 nitrogen and oxygen atoms in total. The van der Waals surface area contributed by atoms with Crippen molar-refractivity contribution in [1.82, 2.24) is 0 Å². The molecule has 0 bridgehead atoms. The maximum atomic E-state index is 13.3. The lowest BCUT2D eigenvalue weighted by Gasteiger charge is -2.26. The Morgan fingerprint density at radius 1 is 0.931 bits per heavy atom. The molecule has 146 valence electrons. The number of nitrogens with zero attached hydrogens (tertiary/aromatic N) is 1. The van der Waals surface area contributed by atoms with Gasteiger partial charge in [0.1, 0.15) is 17.0 Å². The average molecular weight is 410 g/mol. The standard InChI is InChI=1S/C22H16F2N2O2S/c23-15-7-5-14(6-8-15)21(28)25-19-4-2-1-3-18(19)22-26(20(27)13-29-22)17-11-9-16(24)10-12-17/h1-12,22H,13H2,(H,25,28)/t22-/m1/s1. The molecule has 2 amide bonds. The van der Waals surface area contributed by atoms with E-state index in [1.807, 2.05) is 12.1 Å². The molecule has 0 radical (unpaired) electrons. The Balaban J connectivity index is 1.65. The van der Waals surface area contributed by atoms with Gasteiger partial charge in [-0.05, 0) is 54.6 Å². The predicted molar refractivity (Wildman–Crippen MR) is 110 cm³/mol. The van der Waals surface area contributed by atoms with Crippen molar-refractivity contribution in [3.8, 4) is 0 Å². The maximum absolute atomic E-state index is 13.3. The number of hydrogen-bond acceptors (Lipinski definition) is 3. The van der Waals surface area contributed by atoms with Crippen LogP contribution in [0.15, 0.2) is 72.8 Å². The van der Waals surface area contributed by atoms with Gasteiger partial charge in [0.25, 0.3) is 5.91 Å². The lowest BCUT2D eigenvalue weighted by Crippen LogP contribution is -2.28. The molecule has 0 aliphatic carbocycles. The van der Waals surface area contributed by atoms with Gasteiger partial charge in [-0.25, -0.2) is 8.78 Å². The number of amides is 2. The van der Waals surface area contributed by atoms with Crippen LogP contribution in [0.4, 0.5) is 20.2 Å². The topological polar surface area (TPSA) is 49.4 Å². The number of thioether (sulfide) groups is 1. The van der Waals surface area contributed by atoms with Gasteiger partial charge in [0.2, 0.25) is 5.91 Å². The number of anilines is 2. The lowest BCUT2D eigenvalue weighted by molar-refractivity contribution is -0.115. The van der Waals surface area contributed by atoms with E-state index in [9.17, 15) is 18.4 Å². The Bertz CT molecular complexity index is 1060. The van der Waals surface area contributed by atoms with E-state index in [-0.39, 0.29) is 28.8 Å². The number of nitrogens with one attached hydrogen (secondary N) is 1. The van der Waals surface area contributed by atoms with Crippen LogP contribution >= 0.6 is 11.8 Å². The van der Waals surface area contributed by atoms with Crippen LogP contribution in [-0.2, 0) is 4.79 Å². The second-order valence-electron chi connectivity index (χ2n) is 6.45. The van der Waals surface area contributed by atoms with Crippen LogP contribution in [0.2, 0.25) is 0 Å². The number of benzene rings is 3. The molecule has 1 heterocycles. The molecule has 1 aliphatic heterocycles. The fraction of sp³-hybridized carbons (Fsp3) is 0.0909. The van der Waals surface area contributed by atoms with Gasteiger partial charge in [-0.3, -0.25) is 14.5 Å². The molecule has 0 aromatic heterocycles. The van der Waals surface area contributed by atoms with Gasteiger partial charge >= 0.3 is 0 Å². The quantitative estimate of drug-likeness (QED) is 0.659. The highest BCUT2D eigenvalue weighted by atomic mass is 32.2. The number of rotatable bonds is 4. The number of para-hydroxylation sites is 1. The zero-order valence-electron chi connectivity index (χ0n) is 15.1. The van der Waals surface area contributed by atoms with Gasteiger partial charge < -0.3 is 5.32 Å². The Morgan fingerprint density at radius 2 is 1.55 bits per heavy atom. The summed E-state index contributed by atoms with van der Waals surface area (Å²) in [6, 6.07) is 18.2. The van der Waals surface area contributed by atoms with Crippen LogP contribution in [0.1, 0.15) is 21.3 Å². The van der Waals surface area contributed by atoms with Gasteiger partial charge in [-0.2, -0.15) is 0 Å². The SMILES string of the molecule is O=C(Nc1ccccc1[C@H]1SCC(=O)N1c1ccc(F)cc1)c1ccc(F)cc1. The third-order valence-electron chi connectivity index (χ3n) is 4.55. The number of halogens is 2. The summed E-state index contributed by atoms with van der Waals surface area (Å²) in [4.78, 5) is 26.7. The molecule has 4 rings (SSSR count). The molecule has 1 aliphatic rings. The normalized spacial score (nSPS) is 16.1. The molecule has 29 heavy (non-hydrogen) atoms. The molecule has 3 aromatic rings. The maximum Gasteiger partial charge on any atom is 0.255 e. The van der Waals surface area contributed by atoms with Crippen LogP contribution in [0.25, 0.3) is 0 Å². The van der Waals surface area contributed by atoms with E-state index in [4.69, 9.17) is 0 Å². The Kier molecular flexibility index (Phi) is 5.31. The van der Waals surface area contributed by atoms with E-state index >= 15 is 0 Å². The summed E-state index contributed by atoms with van der Waals surface area (Å²) in [7, 11) is 0. The summed E-state index contributed by atoms with van der Waals surface area (Å²) >= 11 is 1.43. The second-order valence-corrected chi connectivity index (χ2v) is 7.52. The van der Waals surface area contributed by atoms with Crippen molar-refractivity contribution < 1.29 is 18.4 Å². The first-order valence-electron chi connectivity index (χ1n) is 8.88. The lowest BCUT2D eigenvalue weighted by atomic mass is 10.1. The first-order chi connectivity index (χ1) is 14.0. The fourth-order valence-electron chi connectivity index (χ4n) is 3.16. The first kappa shape index (κ1) is 19.1. The van der Waals surface area contributed by atoms with E-state index in [0.717, 1.165) is 5.56 Å².